The summed E-state index contributed by atoms with van der Waals surface area (Å²) in [6.45, 7) is 1.99. The number of aromatic nitrogens is 2. The van der Waals surface area contributed by atoms with Crippen LogP contribution in [0.2, 0.25) is 0 Å². The lowest BCUT2D eigenvalue weighted by Gasteiger charge is -2.05. The van der Waals surface area contributed by atoms with Crippen LogP contribution in [-0.4, -0.2) is 25.5 Å². The van der Waals surface area contributed by atoms with E-state index in [4.69, 9.17) is 0 Å². The van der Waals surface area contributed by atoms with Crippen molar-refractivity contribution in [3.8, 4) is 0 Å². The summed E-state index contributed by atoms with van der Waals surface area (Å²) in [6, 6.07) is 7.46. The molecule has 0 aliphatic rings. The van der Waals surface area contributed by atoms with Gasteiger partial charge in [0.2, 0.25) is 0 Å². The zero-order valence-electron chi connectivity index (χ0n) is 14.0. The Labute approximate surface area is 156 Å². The van der Waals surface area contributed by atoms with Gasteiger partial charge in [-0.2, -0.15) is 4.68 Å². The third-order valence-corrected chi connectivity index (χ3v) is 4.61. The molecular weight excluding hydrogens is 374 g/mol. The zero-order chi connectivity index (χ0) is 19.6. The molecule has 3 rings (SSSR count). The molecule has 0 bridgehead atoms. The normalized spacial score (nSPS) is 10.6. The smallest absolute Gasteiger partial charge is 0.358 e. The Hall–Kier alpha value is -3.60. The third-order valence-electron chi connectivity index (χ3n) is 3.63. The Morgan fingerprint density at radius 1 is 1.22 bits per heavy atom. The molecule has 1 amide bonds. The fourth-order valence-electron chi connectivity index (χ4n) is 2.38. The van der Waals surface area contributed by atoms with E-state index in [2.05, 4.69) is 10.4 Å². The van der Waals surface area contributed by atoms with Gasteiger partial charge in [0.15, 0.2) is 0 Å². The van der Waals surface area contributed by atoms with E-state index in [0.29, 0.717) is 10.4 Å². The molecule has 0 fully saturated rings. The van der Waals surface area contributed by atoms with Gasteiger partial charge in [-0.25, -0.2) is 0 Å². The van der Waals surface area contributed by atoms with Gasteiger partial charge in [-0.15, -0.1) is 11.3 Å². The molecular formula is C16H13N5O5S. The molecule has 27 heavy (non-hydrogen) atoms. The van der Waals surface area contributed by atoms with Crippen LogP contribution in [0.15, 0.2) is 41.9 Å². The lowest BCUT2D eigenvalue weighted by molar-refractivity contribution is -0.389. The Morgan fingerprint density at radius 3 is 2.67 bits per heavy atom. The summed E-state index contributed by atoms with van der Waals surface area (Å²) in [6.07, 6.45) is 1.48. The quantitative estimate of drug-likeness (QED) is 0.509. The Bertz CT molecular complexity index is 1040. The van der Waals surface area contributed by atoms with Gasteiger partial charge in [0.25, 0.3) is 11.6 Å². The van der Waals surface area contributed by atoms with Gasteiger partial charge in [0.1, 0.15) is 5.69 Å². The van der Waals surface area contributed by atoms with Crippen LogP contribution < -0.4 is 5.32 Å². The standard InChI is InChI=1S/C16H13N5O5S/c1-10-2-3-12(13(6-10)20(23)24)17-16(22)14-7-11(9-27-14)8-19-5-4-15(18-19)21(25)26/h2-7,9H,8H2,1H3,(H,17,22). The highest BCUT2D eigenvalue weighted by atomic mass is 32.1. The van der Waals surface area contributed by atoms with Gasteiger partial charge in [0, 0.05) is 6.07 Å². The Balaban J connectivity index is 1.73. The Kier molecular flexibility index (Phi) is 4.94. The number of hydrogen-bond acceptors (Lipinski definition) is 7. The molecule has 0 spiro atoms. The number of benzene rings is 1. The van der Waals surface area contributed by atoms with Gasteiger partial charge in [-0.3, -0.25) is 14.9 Å². The summed E-state index contributed by atoms with van der Waals surface area (Å²) < 4.78 is 1.40. The van der Waals surface area contributed by atoms with Crippen molar-refractivity contribution in [2.24, 2.45) is 0 Å². The fraction of sp³-hybridized carbons (Fsp3) is 0.125. The summed E-state index contributed by atoms with van der Waals surface area (Å²) in [5, 5.41) is 29.9. The average molecular weight is 387 g/mol. The molecule has 0 atom stereocenters. The number of carbonyl (C=O) groups excluding carboxylic acids is 1. The van der Waals surface area contributed by atoms with E-state index in [9.17, 15) is 25.0 Å². The van der Waals surface area contributed by atoms with E-state index in [1.54, 1.807) is 24.4 Å². The second-order valence-electron chi connectivity index (χ2n) is 5.68. The van der Waals surface area contributed by atoms with Crippen LogP contribution in [0.5, 0.6) is 0 Å². The molecule has 2 heterocycles. The van der Waals surface area contributed by atoms with Crippen LogP contribution in [0.1, 0.15) is 20.8 Å². The highest BCUT2D eigenvalue weighted by Gasteiger charge is 2.18. The Morgan fingerprint density at radius 2 is 2.00 bits per heavy atom. The summed E-state index contributed by atoms with van der Waals surface area (Å²) in [7, 11) is 0. The zero-order valence-corrected chi connectivity index (χ0v) is 14.8. The number of nitro groups is 2. The van der Waals surface area contributed by atoms with Gasteiger partial charge in [-0.1, -0.05) is 6.07 Å². The highest BCUT2D eigenvalue weighted by molar-refractivity contribution is 7.12. The molecule has 0 aliphatic heterocycles. The topological polar surface area (TPSA) is 133 Å². The molecule has 0 radical (unpaired) electrons. The first-order valence-corrected chi connectivity index (χ1v) is 8.53. The van der Waals surface area contributed by atoms with E-state index in [-0.39, 0.29) is 23.7 Å². The van der Waals surface area contributed by atoms with E-state index >= 15 is 0 Å². The second kappa shape index (κ2) is 7.33. The summed E-state index contributed by atoms with van der Waals surface area (Å²) >= 11 is 1.17. The van der Waals surface area contributed by atoms with Gasteiger partial charge < -0.3 is 15.4 Å². The van der Waals surface area contributed by atoms with Crippen LogP contribution in [0.3, 0.4) is 0 Å². The maximum atomic E-state index is 12.4. The number of amides is 1. The van der Waals surface area contributed by atoms with E-state index in [0.717, 1.165) is 5.56 Å². The van der Waals surface area contributed by atoms with E-state index in [1.807, 2.05) is 0 Å². The minimum atomic E-state index is -0.586. The number of anilines is 1. The summed E-state index contributed by atoms with van der Waals surface area (Å²) in [5.41, 5.74) is 1.39. The van der Waals surface area contributed by atoms with Gasteiger partial charge in [0.05, 0.1) is 33.7 Å². The maximum absolute atomic E-state index is 12.4. The number of nitrogens with zero attached hydrogens (tertiary/aromatic N) is 4. The first kappa shape index (κ1) is 18.2. The second-order valence-corrected chi connectivity index (χ2v) is 6.59. The minimum Gasteiger partial charge on any atom is -0.358 e. The number of thiophene rings is 1. The number of hydrogen-bond donors (Lipinski definition) is 1. The SMILES string of the molecule is Cc1ccc(NC(=O)c2cc(Cn3ccc([N+](=O)[O-])n3)cs2)c([N+](=O)[O-])c1. The molecule has 1 aromatic carbocycles. The maximum Gasteiger partial charge on any atom is 0.389 e. The minimum absolute atomic E-state index is 0.119. The monoisotopic (exact) mass is 387 g/mol. The van der Waals surface area contributed by atoms with Gasteiger partial charge in [-0.05, 0) is 40.5 Å². The molecule has 0 saturated heterocycles. The molecule has 0 aliphatic carbocycles. The lowest BCUT2D eigenvalue weighted by Crippen LogP contribution is -2.12. The van der Waals surface area contributed by atoms with Crippen LogP contribution in [0.25, 0.3) is 0 Å². The van der Waals surface area contributed by atoms with E-state index < -0.39 is 15.8 Å². The third kappa shape index (κ3) is 4.15. The predicted octanol–water partition coefficient (Wildman–Crippen LogP) is 3.37. The van der Waals surface area contributed by atoms with E-state index in [1.165, 1.54) is 40.4 Å². The molecule has 138 valence electrons. The first-order valence-electron chi connectivity index (χ1n) is 7.65. The summed E-state index contributed by atoms with van der Waals surface area (Å²) in [4.78, 5) is 33.4. The van der Waals surface area contributed by atoms with Crippen molar-refractivity contribution >= 4 is 34.4 Å². The largest absolute Gasteiger partial charge is 0.389 e. The van der Waals surface area contributed by atoms with Crippen LogP contribution >= 0.6 is 11.3 Å². The molecule has 10 nitrogen and oxygen atoms in total. The number of nitrogens with one attached hydrogen (secondary N) is 1. The number of nitro benzene ring substituents is 1. The van der Waals surface area contributed by atoms with Crippen molar-refractivity contribution < 1.29 is 14.6 Å². The van der Waals surface area contributed by atoms with Crippen molar-refractivity contribution in [1.82, 2.24) is 9.78 Å². The first-order chi connectivity index (χ1) is 12.8. The van der Waals surface area contributed by atoms with Crippen molar-refractivity contribution in [2.75, 3.05) is 5.32 Å². The van der Waals surface area contributed by atoms with Crippen molar-refractivity contribution in [3.05, 3.63) is 78.1 Å². The molecule has 0 unspecified atom stereocenters. The highest BCUT2D eigenvalue weighted by Crippen LogP contribution is 2.26. The fourth-order valence-corrected chi connectivity index (χ4v) is 3.18. The molecule has 3 aromatic rings. The molecule has 2 aromatic heterocycles. The average Bonchev–Trinajstić information content (AvgIpc) is 3.26. The lowest BCUT2D eigenvalue weighted by atomic mass is 10.2. The molecule has 1 N–H and O–H groups in total. The predicted molar refractivity (Wildman–Crippen MR) is 98.1 cm³/mol. The number of rotatable bonds is 6. The summed E-state index contributed by atoms with van der Waals surface area (Å²) in [5.74, 6) is -0.723. The molecule has 0 saturated carbocycles. The van der Waals surface area contributed by atoms with Crippen molar-refractivity contribution in [3.63, 3.8) is 0 Å². The van der Waals surface area contributed by atoms with Crippen molar-refractivity contribution in [1.29, 1.82) is 0 Å². The number of carbonyl (C=O) groups is 1. The van der Waals surface area contributed by atoms with Crippen molar-refractivity contribution in [2.45, 2.75) is 13.5 Å². The van der Waals surface area contributed by atoms with Crippen LogP contribution in [0.4, 0.5) is 17.2 Å². The molecule has 11 heteroatoms. The van der Waals surface area contributed by atoms with Gasteiger partial charge >= 0.3 is 5.82 Å². The van der Waals surface area contributed by atoms with Crippen LogP contribution in [-0.2, 0) is 6.54 Å². The van der Waals surface area contributed by atoms with Crippen LogP contribution in [0, 0.1) is 27.2 Å². The number of aryl methyl sites for hydroxylation is 1.